The Hall–Kier alpha value is -2.06. The number of carbonyl (C=O) groups is 1. The van der Waals surface area contributed by atoms with Gasteiger partial charge in [-0.05, 0) is 6.92 Å². The van der Waals surface area contributed by atoms with Gasteiger partial charge in [-0.15, -0.1) is 13.2 Å². The Bertz CT molecular complexity index is 475. The fourth-order valence-electron chi connectivity index (χ4n) is 1.22. The topological polar surface area (TPSA) is 68.7 Å². The molecule has 1 aromatic rings. The molecule has 0 fully saturated rings. The van der Waals surface area contributed by atoms with Crippen molar-refractivity contribution in [3.05, 3.63) is 17.5 Å². The summed E-state index contributed by atoms with van der Waals surface area (Å²) < 4.78 is 57.3. The molecule has 5 nitrogen and oxygen atoms in total. The summed E-state index contributed by atoms with van der Waals surface area (Å²) in [5, 5.41) is 9.22. The smallest absolute Gasteiger partial charge is 0.506 e. The maximum absolute atomic E-state index is 12.7. The van der Waals surface area contributed by atoms with Gasteiger partial charge in [0, 0.05) is 0 Å². The zero-order valence-corrected chi connectivity index (χ0v) is 9.62. The van der Waals surface area contributed by atoms with Crippen molar-refractivity contribution in [3.8, 4) is 11.5 Å². The molecule has 9 heteroatoms. The molecule has 0 atom stereocenters. The monoisotopic (exact) mass is 283 g/mol. The molecule has 0 saturated heterocycles. The zero-order chi connectivity index (χ0) is 14.6. The zero-order valence-electron chi connectivity index (χ0n) is 9.62. The number of hydrogen-bond donors (Lipinski definition) is 1. The summed E-state index contributed by atoms with van der Waals surface area (Å²) in [4.78, 5) is 14.7. The van der Waals surface area contributed by atoms with Crippen LogP contribution in [0.15, 0.2) is 6.20 Å². The van der Waals surface area contributed by atoms with E-state index in [1.165, 1.54) is 6.92 Å². The number of pyridine rings is 1. The summed E-state index contributed by atoms with van der Waals surface area (Å²) in [6.07, 6.45) is -4.52. The Morgan fingerprint density at radius 1 is 1.47 bits per heavy atom. The van der Waals surface area contributed by atoms with E-state index in [-0.39, 0.29) is 6.61 Å². The molecule has 0 aromatic carbocycles. The van der Waals surface area contributed by atoms with Gasteiger partial charge < -0.3 is 14.6 Å². The SMILES string of the molecule is CCOC(=O)c1ncc(O)c(CF)c1OC(F)(F)F. The first-order chi connectivity index (χ1) is 8.80. The van der Waals surface area contributed by atoms with Crippen LogP contribution >= 0.6 is 0 Å². The summed E-state index contributed by atoms with van der Waals surface area (Å²) in [5.74, 6) is -3.26. The largest absolute Gasteiger partial charge is 0.573 e. The fraction of sp³-hybridized carbons (Fsp3) is 0.400. The van der Waals surface area contributed by atoms with Gasteiger partial charge >= 0.3 is 12.3 Å². The number of hydrogen-bond acceptors (Lipinski definition) is 5. The van der Waals surface area contributed by atoms with Crippen molar-refractivity contribution in [2.75, 3.05) is 6.61 Å². The number of carbonyl (C=O) groups excluding carboxylic acids is 1. The lowest BCUT2D eigenvalue weighted by molar-refractivity contribution is -0.275. The van der Waals surface area contributed by atoms with Gasteiger partial charge in [-0.2, -0.15) is 0 Å². The third kappa shape index (κ3) is 3.70. The average Bonchev–Trinajstić information content (AvgIpc) is 2.27. The summed E-state index contributed by atoms with van der Waals surface area (Å²) in [5.41, 5.74) is -1.68. The summed E-state index contributed by atoms with van der Waals surface area (Å²) in [7, 11) is 0. The highest BCUT2D eigenvalue weighted by molar-refractivity contribution is 5.91. The Labute approximate surface area is 104 Å². The maximum atomic E-state index is 12.7. The lowest BCUT2D eigenvalue weighted by atomic mass is 10.2. The highest BCUT2D eigenvalue weighted by Crippen LogP contribution is 2.35. The third-order valence-corrected chi connectivity index (χ3v) is 1.93. The van der Waals surface area contributed by atoms with Crippen molar-refractivity contribution >= 4 is 5.97 Å². The molecule has 1 heterocycles. The van der Waals surface area contributed by atoms with Crippen LogP contribution in [-0.4, -0.2) is 29.0 Å². The lowest BCUT2D eigenvalue weighted by Crippen LogP contribution is -2.21. The Morgan fingerprint density at radius 2 is 2.11 bits per heavy atom. The molecule has 0 aliphatic heterocycles. The molecule has 0 aliphatic carbocycles. The average molecular weight is 283 g/mol. The molecule has 1 rings (SSSR count). The molecular weight excluding hydrogens is 274 g/mol. The van der Waals surface area contributed by atoms with Crippen LogP contribution in [0.2, 0.25) is 0 Å². The van der Waals surface area contributed by atoms with Crippen LogP contribution in [-0.2, 0) is 11.4 Å². The molecule has 0 amide bonds. The molecule has 1 N–H and O–H groups in total. The Balaban J connectivity index is 3.34. The van der Waals surface area contributed by atoms with Crippen LogP contribution < -0.4 is 4.74 Å². The number of aromatic hydroxyl groups is 1. The van der Waals surface area contributed by atoms with Gasteiger partial charge in [-0.3, -0.25) is 0 Å². The van der Waals surface area contributed by atoms with E-state index >= 15 is 0 Å². The minimum Gasteiger partial charge on any atom is -0.506 e. The number of esters is 1. The molecule has 0 bridgehead atoms. The number of rotatable bonds is 4. The van der Waals surface area contributed by atoms with Crippen LogP contribution in [0.4, 0.5) is 17.6 Å². The van der Waals surface area contributed by atoms with E-state index in [4.69, 9.17) is 0 Å². The Kier molecular flexibility index (Phi) is 4.52. The summed E-state index contributed by atoms with van der Waals surface area (Å²) in [6, 6.07) is 0. The number of ether oxygens (including phenoxy) is 2. The maximum Gasteiger partial charge on any atom is 0.573 e. The van der Waals surface area contributed by atoms with Crippen molar-refractivity contribution < 1.29 is 36.9 Å². The van der Waals surface area contributed by atoms with Gasteiger partial charge in [0.15, 0.2) is 11.4 Å². The van der Waals surface area contributed by atoms with E-state index < -0.39 is 41.8 Å². The first kappa shape index (κ1) is 15.0. The van der Waals surface area contributed by atoms with Crippen LogP contribution in [0.3, 0.4) is 0 Å². The van der Waals surface area contributed by atoms with Gasteiger partial charge in [0.05, 0.1) is 18.4 Å². The Morgan fingerprint density at radius 3 is 2.58 bits per heavy atom. The van der Waals surface area contributed by atoms with E-state index in [1.807, 2.05) is 0 Å². The summed E-state index contributed by atoms with van der Waals surface area (Å²) in [6.45, 7) is -0.150. The molecule has 106 valence electrons. The normalized spacial score (nSPS) is 11.2. The van der Waals surface area contributed by atoms with Crippen molar-refractivity contribution in [1.29, 1.82) is 0 Å². The van der Waals surface area contributed by atoms with Crippen molar-refractivity contribution in [2.45, 2.75) is 20.0 Å². The lowest BCUT2D eigenvalue weighted by Gasteiger charge is -2.15. The van der Waals surface area contributed by atoms with Gasteiger partial charge in [-0.25, -0.2) is 14.2 Å². The molecule has 1 aromatic heterocycles. The number of halogens is 4. The predicted octanol–water partition coefficient (Wildman–Crippen LogP) is 2.33. The molecule has 0 unspecified atom stereocenters. The molecule has 19 heavy (non-hydrogen) atoms. The summed E-state index contributed by atoms with van der Waals surface area (Å²) >= 11 is 0. The quantitative estimate of drug-likeness (QED) is 0.678. The third-order valence-electron chi connectivity index (χ3n) is 1.93. The second-order valence-electron chi connectivity index (χ2n) is 3.20. The fourth-order valence-corrected chi connectivity index (χ4v) is 1.22. The second-order valence-corrected chi connectivity index (χ2v) is 3.20. The van der Waals surface area contributed by atoms with E-state index in [0.717, 1.165) is 0 Å². The number of aromatic nitrogens is 1. The number of alkyl halides is 4. The molecule has 0 aliphatic rings. The minimum atomic E-state index is -5.17. The highest BCUT2D eigenvalue weighted by Gasteiger charge is 2.36. The number of nitrogens with zero attached hydrogens (tertiary/aromatic N) is 1. The van der Waals surface area contributed by atoms with Crippen molar-refractivity contribution in [3.63, 3.8) is 0 Å². The van der Waals surface area contributed by atoms with Gasteiger partial charge in [0.2, 0.25) is 0 Å². The minimum absolute atomic E-state index is 0.113. The van der Waals surface area contributed by atoms with Gasteiger partial charge in [-0.1, -0.05) is 0 Å². The first-order valence-corrected chi connectivity index (χ1v) is 4.99. The van der Waals surface area contributed by atoms with E-state index in [2.05, 4.69) is 14.5 Å². The van der Waals surface area contributed by atoms with E-state index in [0.29, 0.717) is 6.20 Å². The van der Waals surface area contributed by atoms with Crippen LogP contribution in [0, 0.1) is 0 Å². The molecule has 0 spiro atoms. The molecular formula is C10H9F4NO4. The predicted molar refractivity (Wildman–Crippen MR) is 53.4 cm³/mol. The van der Waals surface area contributed by atoms with E-state index in [9.17, 15) is 27.5 Å². The van der Waals surface area contributed by atoms with Crippen LogP contribution in [0.1, 0.15) is 23.0 Å². The molecule has 0 radical (unpaired) electrons. The van der Waals surface area contributed by atoms with Crippen molar-refractivity contribution in [1.82, 2.24) is 4.98 Å². The van der Waals surface area contributed by atoms with E-state index in [1.54, 1.807) is 0 Å². The van der Waals surface area contributed by atoms with Crippen LogP contribution in [0.25, 0.3) is 0 Å². The second kappa shape index (κ2) is 5.72. The van der Waals surface area contributed by atoms with Gasteiger partial charge in [0.1, 0.15) is 12.4 Å². The first-order valence-electron chi connectivity index (χ1n) is 4.99. The highest BCUT2D eigenvalue weighted by atomic mass is 19.4. The molecule has 0 saturated carbocycles. The van der Waals surface area contributed by atoms with Gasteiger partial charge in [0.25, 0.3) is 0 Å². The van der Waals surface area contributed by atoms with Crippen molar-refractivity contribution in [2.24, 2.45) is 0 Å². The van der Waals surface area contributed by atoms with Crippen LogP contribution in [0.5, 0.6) is 11.5 Å². The standard InChI is InChI=1S/C10H9F4NO4/c1-2-18-9(17)7-8(19-10(12,13)14)5(3-11)6(16)4-15-7/h4,16H,2-3H2,1H3.